The number of hydrogen-bond donors (Lipinski definition) is 4. The SMILES string of the molecule is OC[C@H]1O[C@@H](O)[C@H](OBr)[C@@H](Oc2c[nH]c3cc(Cl)ccc23)[C@H]1O. The summed E-state index contributed by atoms with van der Waals surface area (Å²) in [5, 5.41) is 30.8. The number of aromatic amines is 1. The van der Waals surface area contributed by atoms with Crippen LogP contribution >= 0.6 is 27.9 Å². The number of rotatable bonds is 4. The van der Waals surface area contributed by atoms with Crippen molar-refractivity contribution < 1.29 is 28.6 Å². The van der Waals surface area contributed by atoms with E-state index < -0.39 is 37.3 Å². The van der Waals surface area contributed by atoms with E-state index in [0.29, 0.717) is 10.8 Å². The van der Waals surface area contributed by atoms with E-state index in [1.165, 1.54) is 0 Å². The highest BCUT2D eigenvalue weighted by molar-refractivity contribution is 9.06. The van der Waals surface area contributed by atoms with Crippen molar-refractivity contribution in [1.29, 1.82) is 0 Å². The van der Waals surface area contributed by atoms with Gasteiger partial charge < -0.3 is 29.8 Å². The number of aliphatic hydroxyl groups excluding tert-OH is 3. The van der Waals surface area contributed by atoms with Gasteiger partial charge in [-0.05, 0) is 18.2 Å². The van der Waals surface area contributed by atoms with Crippen LogP contribution in [-0.4, -0.2) is 57.6 Å². The van der Waals surface area contributed by atoms with Gasteiger partial charge in [-0.15, -0.1) is 0 Å². The lowest BCUT2D eigenvalue weighted by Gasteiger charge is -2.40. The second-order valence-electron chi connectivity index (χ2n) is 5.22. The first-order chi connectivity index (χ1) is 11.0. The molecule has 0 aliphatic carbocycles. The van der Waals surface area contributed by atoms with Crippen molar-refractivity contribution in [2.45, 2.75) is 30.7 Å². The van der Waals surface area contributed by atoms with Crippen molar-refractivity contribution in [3.8, 4) is 5.75 Å². The Morgan fingerprint density at radius 2 is 2.09 bits per heavy atom. The van der Waals surface area contributed by atoms with Crippen molar-refractivity contribution in [2.75, 3.05) is 6.61 Å². The lowest BCUT2D eigenvalue weighted by Crippen LogP contribution is -2.60. The van der Waals surface area contributed by atoms with Crippen LogP contribution in [0.4, 0.5) is 0 Å². The lowest BCUT2D eigenvalue weighted by atomic mass is 9.99. The van der Waals surface area contributed by atoms with Gasteiger partial charge in [-0.3, -0.25) is 3.83 Å². The Balaban J connectivity index is 1.90. The van der Waals surface area contributed by atoms with Crippen molar-refractivity contribution in [2.24, 2.45) is 0 Å². The van der Waals surface area contributed by atoms with Crippen LogP contribution in [0.2, 0.25) is 5.02 Å². The molecule has 1 aliphatic rings. The number of benzene rings is 1. The molecule has 1 aliphatic heterocycles. The number of ether oxygens (including phenoxy) is 2. The summed E-state index contributed by atoms with van der Waals surface area (Å²) in [6.07, 6.45) is -3.85. The third-order valence-corrected chi connectivity index (χ3v) is 4.46. The molecule has 2 aromatic rings. The van der Waals surface area contributed by atoms with Crippen LogP contribution < -0.4 is 4.74 Å². The summed E-state index contributed by atoms with van der Waals surface area (Å²) in [5.74, 6) is 0.459. The van der Waals surface area contributed by atoms with E-state index in [-0.39, 0.29) is 0 Å². The van der Waals surface area contributed by atoms with Crippen molar-refractivity contribution in [3.63, 3.8) is 0 Å². The summed E-state index contributed by atoms with van der Waals surface area (Å²) in [5.41, 5.74) is 0.768. The number of halogens is 2. The second kappa shape index (κ2) is 6.94. The molecule has 5 atom stereocenters. The van der Waals surface area contributed by atoms with Crippen LogP contribution in [-0.2, 0) is 8.57 Å². The van der Waals surface area contributed by atoms with E-state index in [9.17, 15) is 15.3 Å². The molecular formula is C14H15BrClNO6. The second-order valence-corrected chi connectivity index (χ2v) is 6.03. The Labute approximate surface area is 145 Å². The van der Waals surface area contributed by atoms with E-state index >= 15 is 0 Å². The van der Waals surface area contributed by atoms with E-state index in [1.54, 1.807) is 24.4 Å². The minimum atomic E-state index is -1.36. The molecule has 0 unspecified atom stereocenters. The Kier molecular flexibility index (Phi) is 5.12. The fourth-order valence-electron chi connectivity index (χ4n) is 2.60. The van der Waals surface area contributed by atoms with Crippen LogP contribution in [0.15, 0.2) is 24.4 Å². The van der Waals surface area contributed by atoms with Crippen LogP contribution in [0, 0.1) is 0 Å². The van der Waals surface area contributed by atoms with E-state index in [2.05, 4.69) is 21.2 Å². The van der Waals surface area contributed by atoms with Gasteiger partial charge in [-0.1, -0.05) is 11.6 Å². The summed E-state index contributed by atoms with van der Waals surface area (Å²) in [6, 6.07) is 5.24. The Hall–Kier alpha value is -0.870. The van der Waals surface area contributed by atoms with Gasteiger partial charge in [0.15, 0.2) is 18.5 Å². The molecule has 0 bridgehead atoms. The van der Waals surface area contributed by atoms with Gasteiger partial charge in [0.25, 0.3) is 0 Å². The van der Waals surface area contributed by atoms with Gasteiger partial charge in [0.1, 0.15) is 18.0 Å². The first-order valence-corrected chi connectivity index (χ1v) is 7.91. The van der Waals surface area contributed by atoms with Crippen molar-refractivity contribution in [1.82, 2.24) is 4.98 Å². The standard InChI is InChI=1S/C14H15BrClNO6/c15-23-13-12(11(19)10(5-18)22-14(13)20)21-9-4-17-8-3-6(16)1-2-7(8)9/h1-4,10-14,17-20H,5H2/t10-,11+,12+,13-,14-/m1/s1. The molecule has 126 valence electrons. The average Bonchev–Trinajstić information content (AvgIpc) is 2.92. The maximum absolute atomic E-state index is 10.3. The quantitative estimate of drug-likeness (QED) is 0.609. The molecule has 0 amide bonds. The van der Waals surface area contributed by atoms with Crippen molar-refractivity contribution >= 4 is 38.8 Å². The first-order valence-electron chi connectivity index (χ1n) is 6.88. The monoisotopic (exact) mass is 407 g/mol. The summed E-state index contributed by atoms with van der Waals surface area (Å²) >= 11 is 8.75. The maximum atomic E-state index is 10.3. The van der Waals surface area contributed by atoms with Gasteiger partial charge >= 0.3 is 0 Å². The molecule has 0 saturated carbocycles. The number of H-pyrrole nitrogens is 1. The number of nitrogens with one attached hydrogen (secondary N) is 1. The third-order valence-electron chi connectivity index (χ3n) is 3.79. The number of aromatic nitrogens is 1. The number of aliphatic hydroxyl groups is 3. The summed E-state index contributed by atoms with van der Waals surface area (Å²) < 4.78 is 15.9. The molecule has 9 heteroatoms. The Morgan fingerprint density at radius 1 is 1.30 bits per heavy atom. The zero-order chi connectivity index (χ0) is 16.6. The Morgan fingerprint density at radius 3 is 2.78 bits per heavy atom. The number of hydrogen-bond acceptors (Lipinski definition) is 6. The van der Waals surface area contributed by atoms with Crippen molar-refractivity contribution in [3.05, 3.63) is 29.4 Å². The Bertz CT molecular complexity index is 682. The fraction of sp³-hybridized carbons (Fsp3) is 0.429. The normalized spacial score (nSPS) is 31.4. The molecule has 3 rings (SSSR count). The minimum absolute atomic E-state index is 0.459. The predicted octanol–water partition coefficient (Wildman–Crippen LogP) is 1.33. The highest BCUT2D eigenvalue weighted by atomic mass is 79.9. The summed E-state index contributed by atoms with van der Waals surface area (Å²) in [7, 11) is 0. The highest BCUT2D eigenvalue weighted by Crippen LogP contribution is 2.32. The molecule has 1 aromatic heterocycles. The molecule has 0 spiro atoms. The largest absolute Gasteiger partial charge is 0.482 e. The van der Waals surface area contributed by atoms with Gasteiger partial charge in [0.05, 0.1) is 28.4 Å². The minimum Gasteiger partial charge on any atom is -0.482 e. The van der Waals surface area contributed by atoms with E-state index in [1.807, 2.05) is 0 Å². The molecule has 1 fully saturated rings. The lowest BCUT2D eigenvalue weighted by molar-refractivity contribution is -0.272. The van der Waals surface area contributed by atoms with Gasteiger partial charge in [-0.25, -0.2) is 0 Å². The molecular weight excluding hydrogens is 394 g/mol. The molecule has 7 nitrogen and oxygen atoms in total. The smallest absolute Gasteiger partial charge is 0.186 e. The average molecular weight is 409 g/mol. The predicted molar refractivity (Wildman–Crippen MR) is 85.5 cm³/mol. The first kappa shape index (κ1) is 17.0. The maximum Gasteiger partial charge on any atom is 0.186 e. The molecule has 1 saturated heterocycles. The van der Waals surface area contributed by atoms with Gasteiger partial charge in [0.2, 0.25) is 0 Å². The molecule has 2 heterocycles. The van der Waals surface area contributed by atoms with Crippen LogP contribution in [0.25, 0.3) is 10.9 Å². The molecule has 1 aromatic carbocycles. The van der Waals surface area contributed by atoms with E-state index in [4.69, 9.17) is 24.9 Å². The van der Waals surface area contributed by atoms with Gasteiger partial charge in [-0.2, -0.15) is 0 Å². The zero-order valence-corrected chi connectivity index (χ0v) is 14.1. The zero-order valence-electron chi connectivity index (χ0n) is 11.7. The van der Waals surface area contributed by atoms with Crippen LogP contribution in [0.3, 0.4) is 0 Å². The highest BCUT2D eigenvalue weighted by Gasteiger charge is 2.47. The van der Waals surface area contributed by atoms with Crippen LogP contribution in [0.5, 0.6) is 5.75 Å². The topological polar surface area (TPSA) is 104 Å². The third kappa shape index (κ3) is 3.20. The summed E-state index contributed by atoms with van der Waals surface area (Å²) in [6.45, 7) is -0.462. The van der Waals surface area contributed by atoms with E-state index in [0.717, 1.165) is 10.9 Å². The number of fused-ring (bicyclic) bond motifs is 1. The van der Waals surface area contributed by atoms with Crippen LogP contribution in [0.1, 0.15) is 0 Å². The molecule has 0 radical (unpaired) electrons. The fourth-order valence-corrected chi connectivity index (χ4v) is 3.17. The van der Waals surface area contributed by atoms with Gasteiger partial charge in [0, 0.05) is 16.6 Å². The summed E-state index contributed by atoms with van der Waals surface area (Å²) in [4.78, 5) is 3.02. The molecule has 23 heavy (non-hydrogen) atoms. The molecule has 4 N–H and O–H groups in total.